The Labute approximate surface area is 151 Å². The van der Waals surface area contributed by atoms with Gasteiger partial charge >= 0.3 is 0 Å². The molecule has 1 atom stereocenters. The van der Waals surface area contributed by atoms with E-state index in [1.807, 2.05) is 31.2 Å². The van der Waals surface area contributed by atoms with E-state index < -0.39 is 0 Å². The molecule has 5 heteroatoms. The van der Waals surface area contributed by atoms with Crippen molar-refractivity contribution < 1.29 is 9.59 Å². The van der Waals surface area contributed by atoms with Crippen LogP contribution in [0.5, 0.6) is 0 Å². The summed E-state index contributed by atoms with van der Waals surface area (Å²) in [6.07, 6.45) is 4.77. The van der Waals surface area contributed by atoms with Crippen LogP contribution in [0.15, 0.2) is 24.3 Å². The molecule has 0 aromatic heterocycles. The van der Waals surface area contributed by atoms with Crippen LogP contribution < -0.4 is 10.2 Å². The van der Waals surface area contributed by atoms with Gasteiger partial charge in [-0.15, -0.1) is 0 Å². The quantitative estimate of drug-likeness (QED) is 0.782. The second-order valence-electron chi connectivity index (χ2n) is 6.87. The summed E-state index contributed by atoms with van der Waals surface area (Å²) in [7, 11) is 0. The molecule has 2 amide bonds. The molecular weight excluding hydrogens is 314 g/mol. The molecule has 0 saturated carbocycles. The van der Waals surface area contributed by atoms with Crippen LogP contribution in [-0.4, -0.2) is 42.4 Å². The highest BCUT2D eigenvalue weighted by Gasteiger charge is 2.30. The Morgan fingerprint density at radius 1 is 1.20 bits per heavy atom. The van der Waals surface area contributed by atoms with Gasteiger partial charge in [0.2, 0.25) is 11.8 Å². The molecule has 2 rings (SSSR count). The molecular formula is C20H31N3O2. The molecule has 0 fully saturated rings. The number of para-hydroxylation sites is 2. The highest BCUT2D eigenvalue weighted by Crippen LogP contribution is 2.31. The average molecular weight is 345 g/mol. The minimum absolute atomic E-state index is 0.0379. The number of hydrogen-bond donors (Lipinski definition) is 1. The van der Waals surface area contributed by atoms with Crippen molar-refractivity contribution in [2.45, 2.75) is 58.9 Å². The van der Waals surface area contributed by atoms with Crippen LogP contribution in [0, 0.1) is 0 Å². The van der Waals surface area contributed by atoms with Gasteiger partial charge in [-0.2, -0.15) is 0 Å². The van der Waals surface area contributed by atoms with Crippen LogP contribution in [0.2, 0.25) is 0 Å². The molecule has 0 radical (unpaired) electrons. The predicted octanol–water partition coefficient (Wildman–Crippen LogP) is 3.65. The highest BCUT2D eigenvalue weighted by molar-refractivity contribution is 6.04. The number of amides is 2. The predicted molar refractivity (Wildman–Crippen MR) is 103 cm³/mol. The van der Waals surface area contributed by atoms with Gasteiger partial charge in [0.05, 0.1) is 17.9 Å². The zero-order valence-corrected chi connectivity index (χ0v) is 15.8. The molecule has 0 saturated heterocycles. The van der Waals surface area contributed by atoms with Gasteiger partial charge in [0.1, 0.15) is 0 Å². The first-order valence-corrected chi connectivity index (χ1v) is 9.50. The minimum atomic E-state index is -0.143. The second kappa shape index (κ2) is 9.56. The summed E-state index contributed by atoms with van der Waals surface area (Å²) in [5.74, 6) is 0.0349. The van der Waals surface area contributed by atoms with Crippen molar-refractivity contribution in [2.75, 3.05) is 29.9 Å². The molecule has 1 N–H and O–H groups in total. The Balaban J connectivity index is 2.18. The van der Waals surface area contributed by atoms with E-state index in [1.165, 1.54) is 0 Å². The lowest BCUT2D eigenvalue weighted by Gasteiger charge is -2.31. The minimum Gasteiger partial charge on any atom is -0.324 e. The van der Waals surface area contributed by atoms with Gasteiger partial charge in [-0.3, -0.25) is 14.5 Å². The number of anilines is 2. The third-order valence-electron chi connectivity index (χ3n) is 4.64. The third kappa shape index (κ3) is 5.30. The number of nitrogens with one attached hydrogen (secondary N) is 1. The molecule has 1 heterocycles. The number of carbonyl (C=O) groups is 2. The van der Waals surface area contributed by atoms with Crippen molar-refractivity contribution in [3.05, 3.63) is 24.3 Å². The molecule has 1 unspecified atom stereocenters. The fourth-order valence-corrected chi connectivity index (χ4v) is 3.27. The number of carbonyl (C=O) groups excluding carboxylic acids is 2. The first-order chi connectivity index (χ1) is 12.1. The summed E-state index contributed by atoms with van der Waals surface area (Å²) in [5.41, 5.74) is 1.52. The summed E-state index contributed by atoms with van der Waals surface area (Å²) >= 11 is 0. The summed E-state index contributed by atoms with van der Waals surface area (Å²) in [6, 6.07) is 7.42. The SMILES string of the molecule is CCCCN(CCCC)CC(=O)N1c2ccccc2NC(=O)CC1C. The maximum atomic E-state index is 13.1. The maximum Gasteiger partial charge on any atom is 0.241 e. The number of fused-ring (bicyclic) bond motifs is 1. The van der Waals surface area contributed by atoms with E-state index in [0.717, 1.165) is 50.1 Å². The third-order valence-corrected chi connectivity index (χ3v) is 4.64. The number of rotatable bonds is 8. The second-order valence-corrected chi connectivity index (χ2v) is 6.87. The van der Waals surface area contributed by atoms with E-state index in [4.69, 9.17) is 0 Å². The first-order valence-electron chi connectivity index (χ1n) is 9.50. The van der Waals surface area contributed by atoms with Crippen molar-refractivity contribution in [2.24, 2.45) is 0 Å². The van der Waals surface area contributed by atoms with Crippen LogP contribution in [0.4, 0.5) is 11.4 Å². The molecule has 5 nitrogen and oxygen atoms in total. The van der Waals surface area contributed by atoms with Gasteiger partial charge in [0.25, 0.3) is 0 Å². The number of nitrogens with zero attached hydrogens (tertiary/aromatic N) is 2. The van der Waals surface area contributed by atoms with E-state index in [1.54, 1.807) is 4.90 Å². The van der Waals surface area contributed by atoms with E-state index in [9.17, 15) is 9.59 Å². The Hall–Kier alpha value is -1.88. The van der Waals surface area contributed by atoms with Crippen molar-refractivity contribution in [1.82, 2.24) is 4.90 Å². The van der Waals surface area contributed by atoms with Gasteiger partial charge in [-0.25, -0.2) is 0 Å². The van der Waals surface area contributed by atoms with Crippen molar-refractivity contribution in [3.63, 3.8) is 0 Å². The largest absolute Gasteiger partial charge is 0.324 e. The number of unbranched alkanes of at least 4 members (excludes halogenated alkanes) is 2. The van der Waals surface area contributed by atoms with Crippen LogP contribution in [0.25, 0.3) is 0 Å². The van der Waals surface area contributed by atoms with E-state index in [-0.39, 0.29) is 17.9 Å². The average Bonchev–Trinajstić information content (AvgIpc) is 2.71. The molecule has 25 heavy (non-hydrogen) atoms. The normalized spacial score (nSPS) is 17.2. The molecule has 1 aliphatic heterocycles. The zero-order chi connectivity index (χ0) is 18.2. The summed E-state index contributed by atoms with van der Waals surface area (Å²) < 4.78 is 0. The molecule has 0 aliphatic carbocycles. The summed E-state index contributed by atoms with van der Waals surface area (Å²) in [5, 5.41) is 2.91. The molecule has 138 valence electrons. The van der Waals surface area contributed by atoms with Crippen LogP contribution in [0.1, 0.15) is 52.9 Å². The van der Waals surface area contributed by atoms with Gasteiger partial charge in [0.15, 0.2) is 0 Å². The first kappa shape index (κ1) is 19.4. The Kier molecular flexibility index (Phi) is 7.44. The van der Waals surface area contributed by atoms with Crippen molar-refractivity contribution in [3.8, 4) is 0 Å². The Morgan fingerprint density at radius 3 is 2.48 bits per heavy atom. The van der Waals surface area contributed by atoms with Gasteiger partial charge in [0, 0.05) is 12.5 Å². The monoisotopic (exact) mass is 345 g/mol. The number of benzene rings is 1. The summed E-state index contributed by atoms with van der Waals surface area (Å²) in [6.45, 7) is 8.59. The van der Waals surface area contributed by atoms with Crippen LogP contribution >= 0.6 is 0 Å². The molecule has 0 bridgehead atoms. The topological polar surface area (TPSA) is 52.7 Å². The standard InChI is InChI=1S/C20H31N3O2/c1-4-6-12-22(13-7-5-2)15-20(25)23-16(3)14-19(24)21-17-10-8-9-11-18(17)23/h8-11,16H,4-7,12-15H2,1-3H3,(H,21,24). The Morgan fingerprint density at radius 2 is 1.84 bits per heavy atom. The molecule has 1 aliphatic rings. The van der Waals surface area contributed by atoms with Gasteiger partial charge in [-0.05, 0) is 45.0 Å². The van der Waals surface area contributed by atoms with E-state index >= 15 is 0 Å². The van der Waals surface area contributed by atoms with Crippen molar-refractivity contribution in [1.29, 1.82) is 0 Å². The zero-order valence-electron chi connectivity index (χ0n) is 15.8. The Bertz CT molecular complexity index is 580. The molecule has 1 aromatic carbocycles. The van der Waals surface area contributed by atoms with Gasteiger partial charge < -0.3 is 10.2 Å². The number of hydrogen-bond acceptors (Lipinski definition) is 3. The smallest absolute Gasteiger partial charge is 0.241 e. The maximum absolute atomic E-state index is 13.1. The fourth-order valence-electron chi connectivity index (χ4n) is 3.27. The lowest BCUT2D eigenvalue weighted by Crippen LogP contribution is -2.45. The van der Waals surface area contributed by atoms with Gasteiger partial charge in [-0.1, -0.05) is 38.8 Å². The van der Waals surface area contributed by atoms with E-state index in [2.05, 4.69) is 24.1 Å². The molecule has 1 aromatic rings. The summed E-state index contributed by atoms with van der Waals surface area (Å²) in [4.78, 5) is 29.2. The van der Waals surface area contributed by atoms with Crippen molar-refractivity contribution >= 4 is 23.2 Å². The van der Waals surface area contributed by atoms with E-state index in [0.29, 0.717) is 13.0 Å². The lowest BCUT2D eigenvalue weighted by molar-refractivity contribution is -0.120. The fraction of sp³-hybridized carbons (Fsp3) is 0.600. The van der Waals surface area contributed by atoms with Crippen LogP contribution in [0.3, 0.4) is 0 Å². The highest BCUT2D eigenvalue weighted by atomic mass is 16.2. The van der Waals surface area contributed by atoms with Crippen LogP contribution in [-0.2, 0) is 9.59 Å². The molecule has 0 spiro atoms. The lowest BCUT2D eigenvalue weighted by atomic mass is 10.1.